The molecule has 2 aromatic carbocycles. The number of hydrogen-bond donors (Lipinski definition) is 2. The van der Waals surface area contributed by atoms with Gasteiger partial charge in [0.1, 0.15) is 0 Å². The Kier molecular flexibility index (Phi) is 5.59. The predicted molar refractivity (Wildman–Crippen MR) is 92.2 cm³/mol. The molecule has 0 aliphatic heterocycles. The van der Waals surface area contributed by atoms with Crippen LogP contribution >= 0.6 is 0 Å². The fraction of sp³-hybridized carbons (Fsp3) is 0.316. The van der Waals surface area contributed by atoms with E-state index in [9.17, 15) is 4.79 Å². The average molecular weight is 296 g/mol. The highest BCUT2D eigenvalue weighted by atomic mass is 16.2. The largest absolute Gasteiger partial charge is 0.334 e. The van der Waals surface area contributed by atoms with Crippen LogP contribution in [0, 0.1) is 6.92 Å². The van der Waals surface area contributed by atoms with Gasteiger partial charge in [0.15, 0.2) is 0 Å². The lowest BCUT2D eigenvalue weighted by Crippen LogP contribution is -2.29. The molecule has 3 nitrogen and oxygen atoms in total. The van der Waals surface area contributed by atoms with Gasteiger partial charge in [-0.25, -0.2) is 4.79 Å². The lowest BCUT2D eigenvalue weighted by Gasteiger charge is -2.15. The van der Waals surface area contributed by atoms with Crippen molar-refractivity contribution < 1.29 is 4.79 Å². The van der Waals surface area contributed by atoms with Crippen molar-refractivity contribution in [1.29, 1.82) is 0 Å². The van der Waals surface area contributed by atoms with Crippen molar-refractivity contribution in [2.45, 2.75) is 40.2 Å². The van der Waals surface area contributed by atoms with Crippen molar-refractivity contribution in [3.05, 3.63) is 64.7 Å². The fourth-order valence-electron chi connectivity index (χ4n) is 2.45. The molecule has 116 valence electrons. The molecule has 0 radical (unpaired) electrons. The van der Waals surface area contributed by atoms with Crippen molar-refractivity contribution in [1.82, 2.24) is 5.32 Å². The summed E-state index contributed by atoms with van der Waals surface area (Å²) in [6.45, 7) is 6.79. The first-order valence-corrected chi connectivity index (χ1v) is 7.85. The predicted octanol–water partition coefficient (Wildman–Crippen LogP) is 4.44. The molecule has 0 bridgehead atoms. The van der Waals surface area contributed by atoms with Gasteiger partial charge in [-0.15, -0.1) is 0 Å². The Hall–Kier alpha value is -2.29. The normalized spacial score (nSPS) is 10.3. The molecule has 0 unspecified atom stereocenters. The van der Waals surface area contributed by atoms with Crippen LogP contribution in [0.5, 0.6) is 0 Å². The van der Waals surface area contributed by atoms with Crippen molar-refractivity contribution in [3.8, 4) is 0 Å². The van der Waals surface area contributed by atoms with E-state index in [0.29, 0.717) is 6.54 Å². The summed E-state index contributed by atoms with van der Waals surface area (Å²) in [5.74, 6) is 0. The zero-order chi connectivity index (χ0) is 15.9. The topological polar surface area (TPSA) is 41.1 Å². The van der Waals surface area contributed by atoms with E-state index >= 15 is 0 Å². The summed E-state index contributed by atoms with van der Waals surface area (Å²) in [7, 11) is 0. The van der Waals surface area contributed by atoms with Crippen LogP contribution in [0.1, 0.15) is 36.1 Å². The molecule has 2 aromatic rings. The summed E-state index contributed by atoms with van der Waals surface area (Å²) in [4.78, 5) is 12.2. The van der Waals surface area contributed by atoms with Crippen LogP contribution in [-0.4, -0.2) is 6.03 Å². The van der Waals surface area contributed by atoms with Gasteiger partial charge in [-0.1, -0.05) is 61.9 Å². The van der Waals surface area contributed by atoms with Crippen molar-refractivity contribution in [2.24, 2.45) is 0 Å². The molecule has 0 aromatic heterocycles. The minimum absolute atomic E-state index is 0.156. The zero-order valence-corrected chi connectivity index (χ0v) is 13.6. The molecule has 0 saturated heterocycles. The van der Waals surface area contributed by atoms with Gasteiger partial charge in [-0.05, 0) is 36.5 Å². The summed E-state index contributed by atoms with van der Waals surface area (Å²) in [6, 6.07) is 14.2. The number of carbonyl (C=O) groups is 1. The third kappa shape index (κ3) is 4.10. The average Bonchev–Trinajstić information content (AvgIpc) is 2.54. The molecule has 0 aliphatic rings. The van der Waals surface area contributed by atoms with Gasteiger partial charge in [0.05, 0.1) is 0 Å². The van der Waals surface area contributed by atoms with Crippen LogP contribution < -0.4 is 10.6 Å². The highest BCUT2D eigenvalue weighted by Gasteiger charge is 2.09. The second kappa shape index (κ2) is 7.64. The minimum atomic E-state index is -0.156. The molecule has 2 N–H and O–H groups in total. The van der Waals surface area contributed by atoms with Gasteiger partial charge in [0.25, 0.3) is 0 Å². The van der Waals surface area contributed by atoms with Crippen molar-refractivity contribution in [3.63, 3.8) is 0 Å². The maximum Gasteiger partial charge on any atom is 0.319 e. The lowest BCUT2D eigenvalue weighted by atomic mass is 10.0. The van der Waals surface area contributed by atoms with E-state index in [0.717, 1.165) is 24.1 Å². The number of para-hydroxylation sites is 1. The number of amides is 2. The SMILES string of the molecule is CCc1cccc(CC)c1NC(=O)NCc1ccc(C)cc1. The molecule has 0 saturated carbocycles. The van der Waals surface area contributed by atoms with Gasteiger partial charge >= 0.3 is 6.03 Å². The summed E-state index contributed by atoms with van der Waals surface area (Å²) >= 11 is 0. The van der Waals surface area contributed by atoms with E-state index in [2.05, 4.69) is 55.7 Å². The maximum atomic E-state index is 12.2. The fourth-order valence-corrected chi connectivity index (χ4v) is 2.45. The first kappa shape index (κ1) is 16.1. The van der Waals surface area contributed by atoms with Gasteiger partial charge < -0.3 is 10.6 Å². The van der Waals surface area contributed by atoms with Crippen LogP contribution in [0.2, 0.25) is 0 Å². The number of urea groups is 1. The molecular formula is C19H24N2O. The Bertz CT molecular complexity index is 610. The number of hydrogen-bond acceptors (Lipinski definition) is 1. The van der Waals surface area contributed by atoms with E-state index in [-0.39, 0.29) is 6.03 Å². The monoisotopic (exact) mass is 296 g/mol. The lowest BCUT2D eigenvalue weighted by molar-refractivity contribution is 0.251. The van der Waals surface area contributed by atoms with E-state index in [1.165, 1.54) is 16.7 Å². The van der Waals surface area contributed by atoms with Crippen LogP contribution in [-0.2, 0) is 19.4 Å². The number of carbonyl (C=O) groups excluding carboxylic acids is 1. The van der Waals surface area contributed by atoms with Gasteiger partial charge in [-0.2, -0.15) is 0 Å². The van der Waals surface area contributed by atoms with Gasteiger partial charge in [0, 0.05) is 12.2 Å². The molecule has 2 amide bonds. The van der Waals surface area contributed by atoms with Crippen molar-refractivity contribution >= 4 is 11.7 Å². The molecule has 3 heteroatoms. The van der Waals surface area contributed by atoms with Gasteiger partial charge in [-0.3, -0.25) is 0 Å². The highest BCUT2D eigenvalue weighted by molar-refractivity contribution is 5.91. The highest BCUT2D eigenvalue weighted by Crippen LogP contribution is 2.22. The Morgan fingerprint density at radius 2 is 1.55 bits per heavy atom. The van der Waals surface area contributed by atoms with Crippen LogP contribution in [0.4, 0.5) is 10.5 Å². The van der Waals surface area contributed by atoms with Crippen LogP contribution in [0.15, 0.2) is 42.5 Å². The second-order valence-corrected chi connectivity index (χ2v) is 5.45. The first-order chi connectivity index (χ1) is 10.6. The summed E-state index contributed by atoms with van der Waals surface area (Å²) < 4.78 is 0. The summed E-state index contributed by atoms with van der Waals surface area (Å²) in [5, 5.41) is 5.93. The Morgan fingerprint density at radius 3 is 2.09 bits per heavy atom. The van der Waals surface area contributed by atoms with Gasteiger partial charge in [0.2, 0.25) is 0 Å². The molecule has 0 fully saturated rings. The van der Waals surface area contributed by atoms with E-state index < -0.39 is 0 Å². The second-order valence-electron chi connectivity index (χ2n) is 5.45. The quantitative estimate of drug-likeness (QED) is 0.841. The third-order valence-corrected chi connectivity index (χ3v) is 3.81. The first-order valence-electron chi connectivity index (χ1n) is 7.85. The Balaban J connectivity index is 2.01. The van der Waals surface area contributed by atoms with E-state index in [1.54, 1.807) is 0 Å². The molecule has 0 spiro atoms. The summed E-state index contributed by atoms with van der Waals surface area (Å²) in [6.07, 6.45) is 1.81. The number of rotatable bonds is 5. The summed E-state index contributed by atoms with van der Waals surface area (Å²) in [5.41, 5.74) is 5.61. The molecule has 2 rings (SSSR count). The standard InChI is InChI=1S/C19H24N2O/c1-4-16-7-6-8-17(5-2)18(16)21-19(22)20-13-15-11-9-14(3)10-12-15/h6-12H,4-5,13H2,1-3H3,(H2,20,21,22). The van der Waals surface area contributed by atoms with Crippen LogP contribution in [0.3, 0.4) is 0 Å². The van der Waals surface area contributed by atoms with Crippen molar-refractivity contribution in [2.75, 3.05) is 5.32 Å². The third-order valence-electron chi connectivity index (χ3n) is 3.81. The molecular weight excluding hydrogens is 272 g/mol. The Labute approximate surface area is 132 Å². The smallest absolute Gasteiger partial charge is 0.319 e. The minimum Gasteiger partial charge on any atom is -0.334 e. The zero-order valence-electron chi connectivity index (χ0n) is 13.6. The number of benzene rings is 2. The number of aryl methyl sites for hydroxylation is 3. The molecule has 22 heavy (non-hydrogen) atoms. The van der Waals surface area contributed by atoms with Crippen LogP contribution in [0.25, 0.3) is 0 Å². The number of nitrogens with one attached hydrogen (secondary N) is 2. The van der Waals surface area contributed by atoms with E-state index in [4.69, 9.17) is 0 Å². The molecule has 0 heterocycles. The maximum absolute atomic E-state index is 12.2. The molecule has 0 aliphatic carbocycles. The number of anilines is 1. The molecule has 0 atom stereocenters. The Morgan fingerprint density at radius 1 is 0.955 bits per heavy atom. The van der Waals surface area contributed by atoms with E-state index in [1.807, 2.05) is 18.2 Å².